The summed E-state index contributed by atoms with van der Waals surface area (Å²) < 4.78 is 1.19. The first kappa shape index (κ1) is 12.6. The molecule has 2 heterocycles. The number of fused-ring (bicyclic) bond motifs is 1. The molecule has 0 saturated carbocycles. The lowest BCUT2D eigenvalue weighted by atomic mass is 10.1. The van der Waals surface area contributed by atoms with Gasteiger partial charge in [-0.2, -0.15) is 0 Å². The molecule has 3 nitrogen and oxygen atoms in total. The fraction of sp³-hybridized carbons (Fsp3) is 0.400. The zero-order valence-electron chi connectivity index (χ0n) is 11.0. The Hall–Kier alpha value is -1.39. The zero-order valence-corrected chi connectivity index (χ0v) is 11.8. The van der Waals surface area contributed by atoms with Gasteiger partial charge in [0.1, 0.15) is 0 Å². The van der Waals surface area contributed by atoms with Crippen LogP contribution in [0.15, 0.2) is 24.3 Å². The Kier molecular flexibility index (Phi) is 3.53. The van der Waals surface area contributed by atoms with Gasteiger partial charge < -0.3 is 10.6 Å². The van der Waals surface area contributed by atoms with Crippen molar-refractivity contribution in [3.8, 4) is 0 Å². The van der Waals surface area contributed by atoms with Crippen LogP contribution in [0.5, 0.6) is 0 Å². The van der Waals surface area contributed by atoms with Gasteiger partial charge in [0.2, 0.25) is 0 Å². The summed E-state index contributed by atoms with van der Waals surface area (Å²) in [7, 11) is 0. The van der Waals surface area contributed by atoms with Crippen molar-refractivity contribution in [2.75, 3.05) is 13.1 Å². The average molecular weight is 274 g/mol. The van der Waals surface area contributed by atoms with E-state index in [2.05, 4.69) is 35.8 Å². The third-order valence-electron chi connectivity index (χ3n) is 3.53. The number of benzene rings is 1. The maximum atomic E-state index is 12.2. The minimum Gasteiger partial charge on any atom is -0.347 e. The van der Waals surface area contributed by atoms with Crippen molar-refractivity contribution in [3.63, 3.8) is 0 Å². The predicted octanol–water partition coefficient (Wildman–Crippen LogP) is 2.69. The lowest BCUT2D eigenvalue weighted by molar-refractivity contribution is 0.0935. The fourth-order valence-electron chi connectivity index (χ4n) is 2.48. The standard InChI is InChI=1S/C15H18N2OS/c1-10-4-5-11-8-14(19-13(11)7-10)15(18)17-12-3-2-6-16-9-12/h4-5,7-8,12,16H,2-3,6,9H2,1H3,(H,17,18)/t12-/m1/s1. The summed E-state index contributed by atoms with van der Waals surface area (Å²) in [5.41, 5.74) is 1.23. The molecule has 3 rings (SSSR count). The summed E-state index contributed by atoms with van der Waals surface area (Å²) >= 11 is 1.58. The zero-order chi connectivity index (χ0) is 13.2. The van der Waals surface area contributed by atoms with Crippen LogP contribution in [-0.4, -0.2) is 25.0 Å². The van der Waals surface area contributed by atoms with E-state index < -0.39 is 0 Å². The van der Waals surface area contributed by atoms with Crippen LogP contribution >= 0.6 is 11.3 Å². The first-order chi connectivity index (χ1) is 9.22. The number of carbonyl (C=O) groups is 1. The van der Waals surface area contributed by atoms with Crippen molar-refractivity contribution in [1.29, 1.82) is 0 Å². The highest BCUT2D eigenvalue weighted by molar-refractivity contribution is 7.20. The molecule has 4 heteroatoms. The Bertz CT molecular complexity index is 599. The highest BCUT2D eigenvalue weighted by Crippen LogP contribution is 2.26. The van der Waals surface area contributed by atoms with Gasteiger partial charge in [-0.25, -0.2) is 0 Å². The third kappa shape index (κ3) is 2.80. The molecule has 0 spiro atoms. The monoisotopic (exact) mass is 274 g/mol. The first-order valence-corrected chi connectivity index (χ1v) is 7.56. The van der Waals surface area contributed by atoms with Crippen LogP contribution in [0.1, 0.15) is 28.1 Å². The van der Waals surface area contributed by atoms with Crippen molar-refractivity contribution in [2.45, 2.75) is 25.8 Å². The highest BCUT2D eigenvalue weighted by Gasteiger charge is 2.17. The van der Waals surface area contributed by atoms with Crippen molar-refractivity contribution < 1.29 is 4.79 Å². The molecule has 1 atom stereocenters. The number of nitrogens with one attached hydrogen (secondary N) is 2. The van der Waals surface area contributed by atoms with E-state index in [9.17, 15) is 4.79 Å². The Morgan fingerprint density at radius 2 is 2.32 bits per heavy atom. The molecule has 1 aromatic heterocycles. The number of hydrogen-bond acceptors (Lipinski definition) is 3. The van der Waals surface area contributed by atoms with E-state index in [0.29, 0.717) is 0 Å². The summed E-state index contributed by atoms with van der Waals surface area (Å²) in [5.74, 6) is 0.0625. The number of amides is 1. The van der Waals surface area contributed by atoms with Crippen LogP contribution in [0, 0.1) is 6.92 Å². The number of aryl methyl sites for hydroxylation is 1. The molecule has 2 N–H and O–H groups in total. The van der Waals surface area contributed by atoms with E-state index in [1.54, 1.807) is 11.3 Å². The lowest BCUT2D eigenvalue weighted by Crippen LogP contribution is -2.45. The molecule has 0 radical (unpaired) electrons. The van der Waals surface area contributed by atoms with Gasteiger partial charge in [0.15, 0.2) is 0 Å². The van der Waals surface area contributed by atoms with E-state index in [1.165, 1.54) is 10.3 Å². The second-order valence-corrected chi connectivity index (χ2v) is 6.25. The third-order valence-corrected chi connectivity index (χ3v) is 4.63. The molecule has 1 amide bonds. The molecular formula is C15H18N2OS. The molecule has 2 aromatic rings. The van der Waals surface area contributed by atoms with Crippen molar-refractivity contribution in [3.05, 3.63) is 34.7 Å². The molecule has 0 aliphatic carbocycles. The summed E-state index contributed by atoms with van der Waals surface area (Å²) in [6.45, 7) is 4.02. The molecule has 1 fully saturated rings. The molecule has 1 aliphatic rings. The maximum Gasteiger partial charge on any atom is 0.261 e. The Balaban J connectivity index is 1.77. The van der Waals surface area contributed by atoms with E-state index in [-0.39, 0.29) is 11.9 Å². The van der Waals surface area contributed by atoms with Crippen LogP contribution in [0.3, 0.4) is 0 Å². The second-order valence-electron chi connectivity index (χ2n) is 5.17. The SMILES string of the molecule is Cc1ccc2cc(C(=O)N[C@@H]3CCCNC3)sc2c1. The van der Waals surface area contributed by atoms with Crippen molar-refractivity contribution >= 4 is 27.3 Å². The molecular weight excluding hydrogens is 256 g/mol. The Morgan fingerprint density at radius 3 is 3.11 bits per heavy atom. The van der Waals surface area contributed by atoms with Gasteiger partial charge in [0.25, 0.3) is 5.91 Å². The molecule has 100 valence electrons. The van der Waals surface area contributed by atoms with Gasteiger partial charge >= 0.3 is 0 Å². The number of rotatable bonds is 2. The molecule has 19 heavy (non-hydrogen) atoms. The minimum absolute atomic E-state index is 0.0625. The molecule has 1 aromatic carbocycles. The van der Waals surface area contributed by atoms with Gasteiger partial charge in [0, 0.05) is 17.3 Å². The summed E-state index contributed by atoms with van der Waals surface area (Å²) in [6, 6.07) is 8.57. The summed E-state index contributed by atoms with van der Waals surface area (Å²) in [4.78, 5) is 13.1. The first-order valence-electron chi connectivity index (χ1n) is 6.74. The van der Waals surface area contributed by atoms with E-state index in [1.807, 2.05) is 6.07 Å². The van der Waals surface area contributed by atoms with E-state index >= 15 is 0 Å². The van der Waals surface area contributed by atoms with Crippen LogP contribution in [0.25, 0.3) is 10.1 Å². The molecule has 0 bridgehead atoms. The van der Waals surface area contributed by atoms with Crippen LogP contribution < -0.4 is 10.6 Å². The number of piperidine rings is 1. The molecule has 1 aliphatic heterocycles. The topological polar surface area (TPSA) is 41.1 Å². The van der Waals surface area contributed by atoms with Crippen LogP contribution in [0.2, 0.25) is 0 Å². The largest absolute Gasteiger partial charge is 0.347 e. The highest BCUT2D eigenvalue weighted by atomic mass is 32.1. The number of thiophene rings is 1. The van der Waals surface area contributed by atoms with Gasteiger partial charge in [-0.3, -0.25) is 4.79 Å². The molecule has 1 saturated heterocycles. The van der Waals surface area contributed by atoms with Crippen molar-refractivity contribution in [1.82, 2.24) is 10.6 Å². The van der Waals surface area contributed by atoms with E-state index in [4.69, 9.17) is 0 Å². The van der Waals surface area contributed by atoms with Crippen LogP contribution in [-0.2, 0) is 0 Å². The second kappa shape index (κ2) is 5.31. The fourth-order valence-corrected chi connectivity index (χ4v) is 3.55. The normalized spacial score (nSPS) is 19.5. The number of carbonyl (C=O) groups excluding carboxylic acids is 1. The van der Waals surface area contributed by atoms with Gasteiger partial charge in [-0.1, -0.05) is 12.1 Å². The predicted molar refractivity (Wildman–Crippen MR) is 79.9 cm³/mol. The van der Waals surface area contributed by atoms with Crippen molar-refractivity contribution in [2.24, 2.45) is 0 Å². The van der Waals surface area contributed by atoms with Gasteiger partial charge in [-0.05, 0) is 49.4 Å². The average Bonchev–Trinajstić information content (AvgIpc) is 2.83. The van der Waals surface area contributed by atoms with E-state index in [0.717, 1.165) is 36.2 Å². The summed E-state index contributed by atoms with van der Waals surface area (Å²) in [6.07, 6.45) is 2.21. The Morgan fingerprint density at radius 1 is 1.42 bits per heavy atom. The summed E-state index contributed by atoms with van der Waals surface area (Å²) in [5, 5.41) is 7.59. The number of hydrogen-bond donors (Lipinski definition) is 2. The van der Waals surface area contributed by atoms with Crippen LogP contribution in [0.4, 0.5) is 0 Å². The Labute approximate surface area is 117 Å². The smallest absolute Gasteiger partial charge is 0.261 e. The molecule has 0 unspecified atom stereocenters. The van der Waals surface area contributed by atoms with Gasteiger partial charge in [0.05, 0.1) is 4.88 Å². The minimum atomic E-state index is 0.0625. The maximum absolute atomic E-state index is 12.2. The quantitative estimate of drug-likeness (QED) is 0.884. The van der Waals surface area contributed by atoms with Gasteiger partial charge in [-0.15, -0.1) is 11.3 Å². The lowest BCUT2D eigenvalue weighted by Gasteiger charge is -2.23.